The molecule has 5 aromatic rings. The lowest BCUT2D eigenvalue weighted by atomic mass is 10.0. The number of hydrogen-bond donors (Lipinski definition) is 1. The number of fused-ring (bicyclic) bond motifs is 1. The number of aromatic nitrogens is 3. The number of anilines is 2. The first-order chi connectivity index (χ1) is 19.1. The van der Waals surface area contributed by atoms with Gasteiger partial charge in [-0.05, 0) is 71.3 Å². The minimum absolute atomic E-state index is 0.283. The van der Waals surface area contributed by atoms with Crippen molar-refractivity contribution < 1.29 is 9.18 Å². The Kier molecular flexibility index (Phi) is 6.93. The van der Waals surface area contributed by atoms with E-state index in [0.29, 0.717) is 11.3 Å². The Bertz CT molecular complexity index is 1580. The number of amides is 1. The molecule has 1 N–H and O–H groups in total. The van der Waals surface area contributed by atoms with Gasteiger partial charge < -0.3 is 10.2 Å². The van der Waals surface area contributed by atoms with E-state index in [-0.39, 0.29) is 11.7 Å². The van der Waals surface area contributed by atoms with Crippen molar-refractivity contribution in [3.05, 3.63) is 114 Å². The molecule has 2 aromatic heterocycles. The Balaban J connectivity index is 1.13. The van der Waals surface area contributed by atoms with Gasteiger partial charge in [0, 0.05) is 56.4 Å². The summed E-state index contributed by atoms with van der Waals surface area (Å²) in [6, 6.07) is 23.3. The van der Waals surface area contributed by atoms with Gasteiger partial charge >= 0.3 is 0 Å². The van der Waals surface area contributed by atoms with Crippen molar-refractivity contribution in [2.24, 2.45) is 0 Å². The summed E-state index contributed by atoms with van der Waals surface area (Å²) in [5, 5.41) is 2.85. The number of piperazine rings is 1. The molecule has 3 aromatic carbocycles. The third-order valence-corrected chi connectivity index (χ3v) is 6.94. The molecule has 39 heavy (non-hydrogen) atoms. The maximum absolute atomic E-state index is 13.1. The monoisotopic (exact) mass is 518 g/mol. The summed E-state index contributed by atoms with van der Waals surface area (Å²) in [5.41, 5.74) is 6.02. The van der Waals surface area contributed by atoms with Crippen LogP contribution >= 0.6 is 0 Å². The van der Waals surface area contributed by atoms with Gasteiger partial charge in [-0.1, -0.05) is 24.3 Å². The number of nitrogens with zero attached hydrogens (tertiary/aromatic N) is 5. The van der Waals surface area contributed by atoms with Crippen molar-refractivity contribution in [3.8, 4) is 11.1 Å². The molecular formula is C31H27FN6O. The Labute approximate surface area is 226 Å². The lowest BCUT2D eigenvalue weighted by Gasteiger charge is -2.35. The Morgan fingerprint density at radius 3 is 2.36 bits per heavy atom. The third-order valence-electron chi connectivity index (χ3n) is 6.94. The fourth-order valence-electron chi connectivity index (χ4n) is 4.77. The molecule has 0 atom stereocenters. The van der Waals surface area contributed by atoms with Crippen LogP contribution in [0, 0.1) is 5.82 Å². The highest BCUT2D eigenvalue weighted by Crippen LogP contribution is 2.26. The molecule has 1 fully saturated rings. The summed E-state index contributed by atoms with van der Waals surface area (Å²) in [6.07, 6.45) is 5.59. The minimum Gasteiger partial charge on any atom is -0.353 e. The molecule has 1 amide bonds. The lowest BCUT2D eigenvalue weighted by Crippen LogP contribution is -2.46. The molecule has 0 saturated carbocycles. The average Bonchev–Trinajstić information content (AvgIpc) is 2.98. The highest BCUT2D eigenvalue weighted by molar-refractivity contribution is 6.04. The van der Waals surface area contributed by atoms with Crippen molar-refractivity contribution in [2.45, 2.75) is 6.54 Å². The number of benzene rings is 3. The maximum atomic E-state index is 13.1. The predicted molar refractivity (Wildman–Crippen MR) is 151 cm³/mol. The van der Waals surface area contributed by atoms with Crippen LogP contribution in [-0.2, 0) is 6.54 Å². The zero-order valence-corrected chi connectivity index (χ0v) is 21.3. The van der Waals surface area contributed by atoms with Crippen LogP contribution in [0.2, 0.25) is 0 Å². The van der Waals surface area contributed by atoms with E-state index in [4.69, 9.17) is 4.98 Å². The number of nitrogens with one attached hydrogen (secondary N) is 1. The molecule has 0 aliphatic carbocycles. The van der Waals surface area contributed by atoms with Crippen molar-refractivity contribution in [3.63, 3.8) is 0 Å². The summed E-state index contributed by atoms with van der Waals surface area (Å²) >= 11 is 0. The number of pyridine rings is 1. The molecule has 194 valence electrons. The summed E-state index contributed by atoms with van der Waals surface area (Å²) in [5.74, 6) is 0.233. The van der Waals surface area contributed by atoms with Gasteiger partial charge in [0.25, 0.3) is 5.91 Å². The fraction of sp³-hybridized carbons (Fsp3) is 0.161. The zero-order chi connectivity index (χ0) is 26.6. The summed E-state index contributed by atoms with van der Waals surface area (Å²) in [7, 11) is 0. The van der Waals surface area contributed by atoms with Gasteiger partial charge in [0.15, 0.2) is 0 Å². The van der Waals surface area contributed by atoms with Crippen molar-refractivity contribution in [1.82, 2.24) is 19.9 Å². The highest BCUT2D eigenvalue weighted by atomic mass is 19.1. The van der Waals surface area contributed by atoms with Crippen molar-refractivity contribution >= 4 is 28.4 Å². The van der Waals surface area contributed by atoms with E-state index in [2.05, 4.69) is 37.2 Å². The first-order valence-electron chi connectivity index (χ1n) is 12.9. The summed E-state index contributed by atoms with van der Waals surface area (Å²) < 4.78 is 13.1. The second kappa shape index (κ2) is 11.0. The van der Waals surface area contributed by atoms with E-state index >= 15 is 0 Å². The maximum Gasteiger partial charge on any atom is 0.255 e. The minimum atomic E-state index is -0.373. The quantitative estimate of drug-likeness (QED) is 0.324. The van der Waals surface area contributed by atoms with Gasteiger partial charge in [-0.15, -0.1) is 0 Å². The second-order valence-electron chi connectivity index (χ2n) is 9.59. The molecule has 1 saturated heterocycles. The van der Waals surface area contributed by atoms with Crippen LogP contribution in [0.15, 0.2) is 97.5 Å². The smallest absolute Gasteiger partial charge is 0.255 e. The van der Waals surface area contributed by atoms with Gasteiger partial charge in [0.05, 0.1) is 17.2 Å². The molecule has 1 aliphatic heterocycles. The molecule has 3 heterocycles. The summed E-state index contributed by atoms with van der Waals surface area (Å²) in [6.45, 7) is 4.61. The SMILES string of the molecule is O=C(Nc1ccc(-c2ccc3ncc(N4CCN(Cc5cccnc5)CC4)nc3c2)cc1)c1ccc(F)cc1. The summed E-state index contributed by atoms with van der Waals surface area (Å²) in [4.78, 5) is 31.0. The van der Waals surface area contributed by atoms with Crippen LogP contribution in [0.1, 0.15) is 15.9 Å². The topological polar surface area (TPSA) is 74.2 Å². The van der Waals surface area contributed by atoms with E-state index < -0.39 is 0 Å². The molecule has 0 radical (unpaired) electrons. The molecular weight excluding hydrogens is 491 g/mol. The van der Waals surface area contributed by atoms with Crippen molar-refractivity contribution in [2.75, 3.05) is 36.4 Å². The van der Waals surface area contributed by atoms with E-state index in [1.807, 2.05) is 54.9 Å². The van der Waals surface area contributed by atoms with E-state index in [9.17, 15) is 9.18 Å². The van der Waals surface area contributed by atoms with Gasteiger partial charge in [-0.2, -0.15) is 0 Å². The molecule has 7 nitrogen and oxygen atoms in total. The van der Waals surface area contributed by atoms with Gasteiger partial charge in [0.2, 0.25) is 0 Å². The Hall–Kier alpha value is -4.69. The Morgan fingerprint density at radius 2 is 1.62 bits per heavy atom. The molecule has 0 unspecified atom stereocenters. The van der Waals surface area contributed by atoms with Crippen LogP contribution in [0.25, 0.3) is 22.2 Å². The van der Waals surface area contributed by atoms with Gasteiger partial charge in [0.1, 0.15) is 11.6 Å². The van der Waals surface area contributed by atoms with Gasteiger partial charge in [-0.25, -0.2) is 9.37 Å². The van der Waals surface area contributed by atoms with E-state index in [0.717, 1.165) is 60.7 Å². The zero-order valence-electron chi connectivity index (χ0n) is 21.3. The standard InChI is InChI=1S/C31H27FN6O/c32-26-8-3-24(4-9-26)31(39)35-27-10-5-23(6-11-27)25-7-12-28-29(18-25)36-30(20-34-28)38-16-14-37(15-17-38)21-22-2-1-13-33-19-22/h1-13,18-20H,14-17,21H2,(H,35,39). The number of hydrogen-bond acceptors (Lipinski definition) is 6. The van der Waals surface area contributed by atoms with Crippen LogP contribution in [-0.4, -0.2) is 51.9 Å². The molecule has 0 spiro atoms. The first-order valence-corrected chi connectivity index (χ1v) is 12.9. The van der Waals surface area contributed by atoms with Crippen LogP contribution in [0.4, 0.5) is 15.9 Å². The van der Waals surface area contributed by atoms with E-state index in [1.54, 1.807) is 6.20 Å². The highest BCUT2D eigenvalue weighted by Gasteiger charge is 2.19. The predicted octanol–water partition coefficient (Wildman–Crippen LogP) is 5.41. The number of carbonyl (C=O) groups excluding carboxylic acids is 1. The van der Waals surface area contributed by atoms with Crippen LogP contribution in [0.5, 0.6) is 0 Å². The number of carbonyl (C=O) groups is 1. The van der Waals surface area contributed by atoms with Crippen LogP contribution < -0.4 is 10.2 Å². The average molecular weight is 519 g/mol. The second-order valence-corrected chi connectivity index (χ2v) is 9.59. The molecule has 1 aliphatic rings. The molecule has 8 heteroatoms. The van der Waals surface area contributed by atoms with Crippen LogP contribution in [0.3, 0.4) is 0 Å². The van der Waals surface area contributed by atoms with E-state index in [1.165, 1.54) is 29.8 Å². The largest absolute Gasteiger partial charge is 0.353 e. The Morgan fingerprint density at radius 1 is 0.846 bits per heavy atom. The number of rotatable bonds is 6. The third kappa shape index (κ3) is 5.76. The van der Waals surface area contributed by atoms with Crippen molar-refractivity contribution in [1.29, 1.82) is 0 Å². The molecule has 6 rings (SSSR count). The molecule has 0 bridgehead atoms. The van der Waals surface area contributed by atoms with Gasteiger partial charge in [-0.3, -0.25) is 19.7 Å². The lowest BCUT2D eigenvalue weighted by molar-refractivity contribution is 0.102. The first kappa shape index (κ1) is 24.6. The fourth-order valence-corrected chi connectivity index (χ4v) is 4.77. The normalized spacial score (nSPS) is 13.9. The number of halogens is 1.